The van der Waals surface area contributed by atoms with Gasteiger partial charge in [0.2, 0.25) is 5.91 Å². The van der Waals surface area contributed by atoms with Gasteiger partial charge in [0.25, 0.3) is 0 Å². The van der Waals surface area contributed by atoms with Crippen molar-refractivity contribution in [3.8, 4) is 23.0 Å². The molecule has 1 N–H and O–H groups in total. The second-order valence-corrected chi connectivity index (χ2v) is 12.8. The smallest absolute Gasteiger partial charge is 0.355 e. The molecule has 248 valence electrons. The number of halogens is 2. The lowest BCUT2D eigenvalue weighted by Crippen LogP contribution is -2.54. The number of piperazine rings is 1. The number of carbonyl (C=O) groups excluding carboxylic acids is 1. The van der Waals surface area contributed by atoms with Crippen LogP contribution in [0.15, 0.2) is 47.8 Å². The lowest BCUT2D eigenvalue weighted by atomic mass is 10.0. The molecule has 11 nitrogen and oxygen atoms in total. The summed E-state index contributed by atoms with van der Waals surface area (Å²) < 4.78 is 22.2. The number of nitrogens with zero attached hydrogens (tertiary/aromatic N) is 7. The van der Waals surface area contributed by atoms with Crippen LogP contribution in [0.2, 0.25) is 5.02 Å². The lowest BCUT2D eigenvalue weighted by Gasteiger charge is -2.40. The van der Waals surface area contributed by atoms with E-state index in [1.807, 2.05) is 39.5 Å². The van der Waals surface area contributed by atoms with Gasteiger partial charge in [0.15, 0.2) is 5.65 Å². The van der Waals surface area contributed by atoms with Gasteiger partial charge in [-0.15, -0.1) is 0 Å². The average molecular weight is 664 g/mol. The monoisotopic (exact) mass is 663 g/mol. The molecule has 2 atom stereocenters. The number of fused-ring (bicyclic) bond motifs is 1. The van der Waals surface area contributed by atoms with E-state index in [2.05, 4.69) is 21.5 Å². The van der Waals surface area contributed by atoms with Crippen LogP contribution in [-0.2, 0) is 4.79 Å². The minimum Gasteiger partial charge on any atom is -0.461 e. The second-order valence-electron chi connectivity index (χ2n) is 12.3. The number of pyridine rings is 1. The van der Waals surface area contributed by atoms with Crippen LogP contribution in [0.4, 0.5) is 10.2 Å². The fourth-order valence-corrected chi connectivity index (χ4v) is 5.98. The third kappa shape index (κ3) is 6.70. The van der Waals surface area contributed by atoms with Crippen molar-refractivity contribution in [1.29, 1.82) is 0 Å². The minimum atomic E-state index is -0.739. The van der Waals surface area contributed by atoms with Crippen molar-refractivity contribution < 1.29 is 19.0 Å². The molecular formula is C34H39ClFN7O4. The van der Waals surface area contributed by atoms with Gasteiger partial charge in [-0.2, -0.15) is 15.0 Å². The van der Waals surface area contributed by atoms with E-state index >= 15 is 4.39 Å². The van der Waals surface area contributed by atoms with E-state index in [-0.39, 0.29) is 58.3 Å². The van der Waals surface area contributed by atoms with E-state index < -0.39 is 17.6 Å². The van der Waals surface area contributed by atoms with E-state index in [4.69, 9.17) is 21.3 Å². The van der Waals surface area contributed by atoms with Gasteiger partial charge in [-0.25, -0.2) is 18.7 Å². The van der Waals surface area contributed by atoms with E-state index in [1.54, 1.807) is 36.1 Å². The second kappa shape index (κ2) is 13.7. The minimum absolute atomic E-state index is 0.0105. The number of hydrogen-bond donors (Lipinski definition) is 1. The largest absolute Gasteiger partial charge is 0.461 e. The Labute approximate surface area is 277 Å². The first-order valence-corrected chi connectivity index (χ1v) is 16.0. The number of carbonyl (C=O) groups is 1. The highest BCUT2D eigenvalue weighted by Crippen LogP contribution is 2.37. The van der Waals surface area contributed by atoms with Gasteiger partial charge in [0.05, 0.1) is 39.3 Å². The summed E-state index contributed by atoms with van der Waals surface area (Å²) >= 11 is 6.83. The van der Waals surface area contributed by atoms with E-state index in [0.29, 0.717) is 47.9 Å². The summed E-state index contributed by atoms with van der Waals surface area (Å²) in [5.74, 6) is -0.740. The van der Waals surface area contributed by atoms with Gasteiger partial charge in [-0.3, -0.25) is 4.79 Å². The predicted molar refractivity (Wildman–Crippen MR) is 180 cm³/mol. The molecule has 4 aromatic rings. The third-order valence-corrected chi connectivity index (χ3v) is 8.29. The number of aliphatic hydroxyl groups is 1. The Kier molecular flexibility index (Phi) is 9.92. The van der Waals surface area contributed by atoms with Crippen LogP contribution >= 0.6 is 11.6 Å². The zero-order chi connectivity index (χ0) is 34.2. The number of aliphatic hydroxyl groups excluding tert-OH is 1. The molecule has 1 fully saturated rings. The molecule has 0 bridgehead atoms. The van der Waals surface area contributed by atoms with Crippen LogP contribution in [-0.4, -0.2) is 78.8 Å². The summed E-state index contributed by atoms with van der Waals surface area (Å²) in [6.07, 6.45) is 0.545. The van der Waals surface area contributed by atoms with Crippen molar-refractivity contribution in [1.82, 2.24) is 29.4 Å². The molecule has 47 heavy (non-hydrogen) atoms. The van der Waals surface area contributed by atoms with Crippen molar-refractivity contribution in [3.63, 3.8) is 0 Å². The Morgan fingerprint density at radius 3 is 2.34 bits per heavy atom. The number of benzene rings is 1. The summed E-state index contributed by atoms with van der Waals surface area (Å²) in [5, 5.41) is 10.5. The summed E-state index contributed by atoms with van der Waals surface area (Å²) in [5.41, 5.74) is 1.32. The highest BCUT2D eigenvalue weighted by atomic mass is 35.5. The topological polar surface area (TPSA) is 127 Å². The van der Waals surface area contributed by atoms with Gasteiger partial charge in [0, 0.05) is 31.2 Å². The molecule has 0 aliphatic carbocycles. The maximum absolute atomic E-state index is 15.1. The van der Waals surface area contributed by atoms with Crippen LogP contribution in [0.5, 0.6) is 6.01 Å². The number of hydrogen-bond acceptors (Lipinski definition) is 9. The number of ether oxygens (including phenoxy) is 1. The molecule has 1 aliphatic heterocycles. The third-order valence-electron chi connectivity index (χ3n) is 8.00. The fraction of sp³-hybridized carbons (Fsp3) is 0.412. The molecule has 3 aromatic heterocycles. The van der Waals surface area contributed by atoms with Gasteiger partial charge < -0.3 is 19.6 Å². The first kappa shape index (κ1) is 33.9. The standard InChI is InChI=1S/C34H39ClFN7O4/c1-8-26(45)41-13-14-42(20(6)16-41)31-23-15-24(35)29(22-11-9-10-12-25(22)36)37-32(23)43(34(46)40-31)30-27(18(2)3)38-33(47-17-21(7)44)39-28(30)19(4)5/h8-12,15,18-21,44H,1,13-14,16-17H2,2-7H3/t20-,21?/m0/s1. The Bertz CT molecular complexity index is 1870. The van der Waals surface area contributed by atoms with Crippen molar-refractivity contribution >= 4 is 34.4 Å². The first-order valence-electron chi connectivity index (χ1n) is 15.6. The Hall–Kier alpha value is -4.42. The average Bonchev–Trinajstić information content (AvgIpc) is 3.03. The van der Waals surface area contributed by atoms with Crippen LogP contribution < -0.4 is 15.3 Å². The molecule has 1 aromatic carbocycles. The molecular weight excluding hydrogens is 625 g/mol. The van der Waals surface area contributed by atoms with E-state index in [0.717, 1.165) is 0 Å². The summed E-state index contributed by atoms with van der Waals surface area (Å²) in [7, 11) is 0. The van der Waals surface area contributed by atoms with Crippen LogP contribution in [0, 0.1) is 5.82 Å². The van der Waals surface area contributed by atoms with Gasteiger partial charge >= 0.3 is 11.7 Å². The molecule has 5 rings (SSSR count). The molecule has 0 spiro atoms. The number of aromatic nitrogens is 5. The molecule has 0 radical (unpaired) electrons. The molecule has 1 unspecified atom stereocenters. The molecule has 13 heteroatoms. The maximum atomic E-state index is 15.1. The van der Waals surface area contributed by atoms with Crippen LogP contribution in [0.25, 0.3) is 28.0 Å². The fourth-order valence-electron chi connectivity index (χ4n) is 5.73. The summed E-state index contributed by atoms with van der Waals surface area (Å²) in [4.78, 5) is 49.2. The Balaban J connectivity index is 1.84. The van der Waals surface area contributed by atoms with Crippen molar-refractivity contribution in [3.05, 3.63) is 75.7 Å². The molecule has 1 aliphatic rings. The molecule has 1 saturated heterocycles. The van der Waals surface area contributed by atoms with Gasteiger partial charge in [-0.05, 0) is 50.0 Å². The lowest BCUT2D eigenvalue weighted by molar-refractivity contribution is -0.126. The highest BCUT2D eigenvalue weighted by molar-refractivity contribution is 6.33. The highest BCUT2D eigenvalue weighted by Gasteiger charge is 2.31. The summed E-state index contributed by atoms with van der Waals surface area (Å²) in [6.45, 7) is 16.1. The Morgan fingerprint density at radius 2 is 1.77 bits per heavy atom. The SMILES string of the molecule is C=CC(=O)N1CCN(c2nc(=O)n(-c3c(C(C)C)nc(OCC(C)O)nc3C(C)C)c3nc(-c4ccccc4F)c(Cl)cc23)[C@@H](C)C1. The molecule has 0 saturated carbocycles. The molecule has 4 heterocycles. The van der Waals surface area contributed by atoms with Crippen LogP contribution in [0.1, 0.15) is 64.8 Å². The predicted octanol–water partition coefficient (Wildman–Crippen LogP) is 5.26. The number of anilines is 1. The van der Waals surface area contributed by atoms with Crippen molar-refractivity contribution in [2.24, 2.45) is 0 Å². The zero-order valence-corrected chi connectivity index (χ0v) is 28.1. The van der Waals surface area contributed by atoms with E-state index in [1.165, 1.54) is 16.7 Å². The quantitative estimate of drug-likeness (QED) is 0.239. The first-order chi connectivity index (χ1) is 22.3. The van der Waals surface area contributed by atoms with Crippen molar-refractivity contribution in [2.45, 2.75) is 65.5 Å². The maximum Gasteiger partial charge on any atom is 0.355 e. The van der Waals surface area contributed by atoms with Gasteiger partial charge in [-0.1, -0.05) is 58.0 Å². The molecule has 1 amide bonds. The van der Waals surface area contributed by atoms with Gasteiger partial charge in [0.1, 0.15) is 18.2 Å². The normalized spacial score (nSPS) is 15.9. The summed E-state index contributed by atoms with van der Waals surface area (Å²) in [6, 6.07) is 7.68. The number of amides is 1. The zero-order valence-electron chi connectivity index (χ0n) is 27.4. The number of rotatable bonds is 9. The van der Waals surface area contributed by atoms with Crippen LogP contribution in [0.3, 0.4) is 0 Å². The van der Waals surface area contributed by atoms with Crippen molar-refractivity contribution in [2.75, 3.05) is 31.1 Å². The Morgan fingerprint density at radius 1 is 1.11 bits per heavy atom. The van der Waals surface area contributed by atoms with E-state index in [9.17, 15) is 14.7 Å².